The Kier molecular flexibility index (Phi) is 5.14. The van der Waals surface area contributed by atoms with Gasteiger partial charge in [-0.3, -0.25) is 4.79 Å². The largest absolute Gasteiger partial charge is 0.480 e. The smallest absolute Gasteiger partial charge is 0.328 e. The summed E-state index contributed by atoms with van der Waals surface area (Å²) < 4.78 is 6.00. The molecule has 0 radical (unpaired) electrons. The van der Waals surface area contributed by atoms with Crippen LogP contribution in [0.25, 0.3) is 6.08 Å². The Bertz CT molecular complexity index is 585. The third-order valence-electron chi connectivity index (χ3n) is 3.26. The second-order valence-corrected chi connectivity index (χ2v) is 5.67. The predicted octanol–water partition coefficient (Wildman–Crippen LogP) is 2.08. The van der Waals surface area contributed by atoms with Gasteiger partial charge in [-0.2, -0.15) is 0 Å². The molecule has 112 valence electrons. The van der Waals surface area contributed by atoms with Gasteiger partial charge in [-0.05, 0) is 30.2 Å². The molecule has 1 amide bonds. The van der Waals surface area contributed by atoms with Crippen LogP contribution in [0.4, 0.5) is 0 Å². The first-order valence-electron chi connectivity index (χ1n) is 6.54. The number of morpholine rings is 1. The molecule has 2 rings (SSSR count). The van der Waals surface area contributed by atoms with E-state index in [0.29, 0.717) is 6.61 Å². The Morgan fingerprint density at radius 1 is 1.48 bits per heavy atom. The van der Waals surface area contributed by atoms with E-state index < -0.39 is 12.0 Å². The number of benzene rings is 1. The molecule has 1 N–H and O–H groups in total. The molecule has 0 aromatic heterocycles. The number of aliphatic carboxylic acids is 1. The van der Waals surface area contributed by atoms with Crippen LogP contribution in [0.1, 0.15) is 11.1 Å². The first-order chi connectivity index (χ1) is 9.99. The van der Waals surface area contributed by atoms with Crippen LogP contribution in [-0.2, 0) is 14.3 Å². The van der Waals surface area contributed by atoms with Crippen molar-refractivity contribution in [1.82, 2.24) is 4.90 Å². The summed E-state index contributed by atoms with van der Waals surface area (Å²) in [5, 5.41) is 9.11. The zero-order chi connectivity index (χ0) is 15.4. The van der Waals surface area contributed by atoms with Gasteiger partial charge in [0.05, 0.1) is 13.2 Å². The van der Waals surface area contributed by atoms with Gasteiger partial charge in [0.15, 0.2) is 6.04 Å². The quantitative estimate of drug-likeness (QED) is 0.844. The fourth-order valence-electron chi connectivity index (χ4n) is 2.10. The monoisotopic (exact) mass is 353 g/mol. The summed E-state index contributed by atoms with van der Waals surface area (Å²) in [7, 11) is 0. The summed E-state index contributed by atoms with van der Waals surface area (Å²) in [6.45, 7) is 2.66. The molecule has 5 nitrogen and oxygen atoms in total. The number of carboxylic acids is 1. The van der Waals surface area contributed by atoms with Crippen LogP contribution in [0, 0.1) is 6.92 Å². The van der Waals surface area contributed by atoms with Crippen molar-refractivity contribution in [2.45, 2.75) is 13.0 Å². The van der Waals surface area contributed by atoms with Crippen molar-refractivity contribution in [3.63, 3.8) is 0 Å². The van der Waals surface area contributed by atoms with Crippen molar-refractivity contribution in [2.24, 2.45) is 0 Å². The van der Waals surface area contributed by atoms with Crippen molar-refractivity contribution in [1.29, 1.82) is 0 Å². The first kappa shape index (κ1) is 15.7. The third-order valence-corrected chi connectivity index (χ3v) is 3.94. The standard InChI is InChI=1S/C15H16BrNO4/c1-10-2-3-11(12(16)8-10)4-5-14(18)17-6-7-21-9-13(17)15(19)20/h2-5,8,13H,6-7,9H2,1H3,(H,19,20). The fraction of sp³-hybridized carbons (Fsp3) is 0.333. The van der Waals surface area contributed by atoms with E-state index in [1.165, 1.54) is 11.0 Å². The summed E-state index contributed by atoms with van der Waals surface area (Å²) >= 11 is 3.44. The first-order valence-corrected chi connectivity index (χ1v) is 7.33. The van der Waals surface area contributed by atoms with Gasteiger partial charge in [0, 0.05) is 17.1 Å². The number of halogens is 1. The Balaban J connectivity index is 2.12. The Hall–Kier alpha value is -1.66. The normalized spacial score (nSPS) is 19.0. The molecule has 1 aromatic carbocycles. The highest BCUT2D eigenvalue weighted by Gasteiger charge is 2.31. The highest BCUT2D eigenvalue weighted by Crippen LogP contribution is 2.20. The van der Waals surface area contributed by atoms with Crippen molar-refractivity contribution in [3.8, 4) is 0 Å². The Morgan fingerprint density at radius 3 is 2.90 bits per heavy atom. The number of hydrogen-bond acceptors (Lipinski definition) is 3. The van der Waals surface area contributed by atoms with Gasteiger partial charge in [-0.25, -0.2) is 4.79 Å². The molecule has 0 bridgehead atoms. The molecule has 21 heavy (non-hydrogen) atoms. The average Bonchev–Trinajstić information content (AvgIpc) is 2.46. The minimum absolute atomic E-state index is 0.0309. The van der Waals surface area contributed by atoms with Crippen LogP contribution >= 0.6 is 15.9 Å². The minimum Gasteiger partial charge on any atom is -0.480 e. The molecule has 1 fully saturated rings. The van der Waals surface area contributed by atoms with Crippen molar-refractivity contribution >= 4 is 33.9 Å². The molecule has 1 aliphatic rings. The van der Waals surface area contributed by atoms with Crippen LogP contribution in [0.5, 0.6) is 0 Å². The molecule has 6 heteroatoms. The number of hydrogen-bond donors (Lipinski definition) is 1. The highest BCUT2D eigenvalue weighted by atomic mass is 79.9. The molecule has 0 saturated carbocycles. The number of ether oxygens (including phenoxy) is 1. The predicted molar refractivity (Wildman–Crippen MR) is 81.9 cm³/mol. The van der Waals surface area contributed by atoms with Gasteiger partial charge in [0.25, 0.3) is 0 Å². The number of aryl methyl sites for hydroxylation is 1. The number of amides is 1. The number of carbonyl (C=O) groups is 2. The third kappa shape index (κ3) is 3.92. The van der Waals surface area contributed by atoms with E-state index in [1.54, 1.807) is 6.08 Å². The minimum atomic E-state index is -1.05. The summed E-state index contributed by atoms with van der Waals surface area (Å²) in [6.07, 6.45) is 3.08. The molecule has 1 aromatic rings. The Labute approximate surface area is 131 Å². The van der Waals surface area contributed by atoms with E-state index in [2.05, 4.69) is 15.9 Å². The molecule has 0 spiro atoms. The van der Waals surface area contributed by atoms with Gasteiger partial charge in [-0.1, -0.05) is 28.1 Å². The summed E-state index contributed by atoms with van der Waals surface area (Å²) in [5.74, 6) is -1.37. The maximum absolute atomic E-state index is 12.2. The fourth-order valence-corrected chi connectivity index (χ4v) is 2.72. The van der Waals surface area contributed by atoms with E-state index >= 15 is 0 Å². The topological polar surface area (TPSA) is 66.8 Å². The number of nitrogens with zero attached hydrogens (tertiary/aromatic N) is 1. The van der Waals surface area contributed by atoms with Gasteiger partial charge < -0.3 is 14.7 Å². The lowest BCUT2D eigenvalue weighted by atomic mass is 10.1. The van der Waals surface area contributed by atoms with Gasteiger partial charge in [0.1, 0.15) is 0 Å². The molecule has 1 heterocycles. The van der Waals surface area contributed by atoms with Crippen LogP contribution in [-0.4, -0.2) is 47.7 Å². The second-order valence-electron chi connectivity index (χ2n) is 4.82. The van der Waals surface area contributed by atoms with E-state index in [4.69, 9.17) is 9.84 Å². The lowest BCUT2D eigenvalue weighted by molar-refractivity contribution is -0.156. The molecular weight excluding hydrogens is 338 g/mol. The Morgan fingerprint density at radius 2 is 2.24 bits per heavy atom. The molecule has 1 unspecified atom stereocenters. The number of carboxylic acid groups (broad SMARTS) is 1. The van der Waals surface area contributed by atoms with E-state index in [0.717, 1.165) is 15.6 Å². The van der Waals surface area contributed by atoms with Crippen LogP contribution in [0.3, 0.4) is 0 Å². The maximum atomic E-state index is 12.2. The lowest BCUT2D eigenvalue weighted by Gasteiger charge is -2.32. The van der Waals surface area contributed by atoms with Crippen LogP contribution < -0.4 is 0 Å². The van der Waals surface area contributed by atoms with Crippen LogP contribution in [0.15, 0.2) is 28.7 Å². The SMILES string of the molecule is Cc1ccc(C=CC(=O)N2CCOCC2C(=O)O)c(Br)c1. The average molecular weight is 354 g/mol. The number of rotatable bonds is 3. The summed E-state index contributed by atoms with van der Waals surface area (Å²) in [6, 6.07) is 4.89. The zero-order valence-electron chi connectivity index (χ0n) is 11.6. The second kappa shape index (κ2) is 6.87. The van der Waals surface area contributed by atoms with Crippen molar-refractivity contribution in [2.75, 3.05) is 19.8 Å². The van der Waals surface area contributed by atoms with Gasteiger partial charge in [-0.15, -0.1) is 0 Å². The molecular formula is C15H16BrNO4. The maximum Gasteiger partial charge on any atom is 0.328 e. The molecule has 1 saturated heterocycles. The van der Waals surface area contributed by atoms with Crippen molar-refractivity contribution < 1.29 is 19.4 Å². The van der Waals surface area contributed by atoms with Crippen molar-refractivity contribution in [3.05, 3.63) is 39.9 Å². The zero-order valence-corrected chi connectivity index (χ0v) is 13.2. The summed E-state index contributed by atoms with van der Waals surface area (Å²) in [4.78, 5) is 24.6. The lowest BCUT2D eigenvalue weighted by Crippen LogP contribution is -2.52. The van der Waals surface area contributed by atoms with Crippen LogP contribution in [0.2, 0.25) is 0 Å². The molecule has 1 aliphatic heterocycles. The molecule has 0 aliphatic carbocycles. The molecule has 1 atom stereocenters. The summed E-state index contributed by atoms with van der Waals surface area (Å²) in [5.41, 5.74) is 1.98. The van der Waals surface area contributed by atoms with E-state index in [9.17, 15) is 9.59 Å². The van der Waals surface area contributed by atoms with Gasteiger partial charge >= 0.3 is 5.97 Å². The highest BCUT2D eigenvalue weighted by molar-refractivity contribution is 9.10. The van der Waals surface area contributed by atoms with E-state index in [-0.39, 0.29) is 19.1 Å². The van der Waals surface area contributed by atoms with E-state index in [1.807, 2.05) is 25.1 Å². The number of carbonyl (C=O) groups excluding carboxylic acids is 1. The van der Waals surface area contributed by atoms with Gasteiger partial charge in [0.2, 0.25) is 5.91 Å².